The minimum absolute atomic E-state index is 0.00840. The van der Waals surface area contributed by atoms with Crippen LogP contribution in [0.2, 0.25) is 0 Å². The van der Waals surface area contributed by atoms with Crippen LogP contribution in [0.4, 0.5) is 0 Å². The van der Waals surface area contributed by atoms with Gasteiger partial charge >= 0.3 is 5.97 Å². The zero-order valence-corrected chi connectivity index (χ0v) is 11.4. The Bertz CT molecular complexity index is 542. The van der Waals surface area contributed by atoms with E-state index < -0.39 is 0 Å². The molecule has 0 saturated carbocycles. The van der Waals surface area contributed by atoms with Crippen molar-refractivity contribution in [3.05, 3.63) is 35.4 Å². The summed E-state index contributed by atoms with van der Waals surface area (Å²) in [6.07, 6.45) is 0.729. The number of fused-ring (bicyclic) bond motifs is 3. The number of hydrogen-bond donors (Lipinski definition) is 0. The molecule has 3 rings (SSSR count). The molecule has 106 valence electrons. The lowest BCUT2D eigenvalue weighted by atomic mass is 10.0. The van der Waals surface area contributed by atoms with Crippen molar-refractivity contribution in [1.82, 2.24) is 4.90 Å². The first-order chi connectivity index (χ1) is 9.70. The zero-order valence-electron chi connectivity index (χ0n) is 11.4. The second-order valence-electron chi connectivity index (χ2n) is 5.02. The summed E-state index contributed by atoms with van der Waals surface area (Å²) in [7, 11) is 0. The van der Waals surface area contributed by atoms with Gasteiger partial charge < -0.3 is 14.4 Å². The molecule has 5 nitrogen and oxygen atoms in total. The molecule has 1 aromatic rings. The second kappa shape index (κ2) is 5.25. The molecule has 2 atom stereocenters. The Hall–Kier alpha value is -1.88. The average molecular weight is 275 g/mol. The molecule has 0 unspecified atom stereocenters. The molecule has 0 radical (unpaired) electrons. The number of carbonyl (C=O) groups excluding carboxylic acids is 2. The van der Waals surface area contributed by atoms with Crippen LogP contribution in [0.1, 0.15) is 24.1 Å². The van der Waals surface area contributed by atoms with E-state index in [1.807, 2.05) is 24.3 Å². The Balaban J connectivity index is 1.87. The minimum atomic E-state index is -0.370. The molecule has 0 N–H and O–H groups in total. The quantitative estimate of drug-likeness (QED) is 0.774. The van der Waals surface area contributed by atoms with Crippen LogP contribution in [0.25, 0.3) is 0 Å². The van der Waals surface area contributed by atoms with Gasteiger partial charge in [-0.15, -0.1) is 0 Å². The van der Waals surface area contributed by atoms with Gasteiger partial charge in [-0.1, -0.05) is 24.3 Å². The van der Waals surface area contributed by atoms with Crippen LogP contribution in [0, 0.1) is 0 Å². The Kier molecular flexibility index (Phi) is 3.44. The first kappa shape index (κ1) is 13.1. The lowest BCUT2D eigenvalue weighted by Gasteiger charge is -2.37. The van der Waals surface area contributed by atoms with Gasteiger partial charge in [0, 0.05) is 6.42 Å². The van der Waals surface area contributed by atoms with Gasteiger partial charge in [0.15, 0.2) is 0 Å². The predicted molar refractivity (Wildman–Crippen MR) is 71.0 cm³/mol. The molecule has 0 spiro atoms. The van der Waals surface area contributed by atoms with E-state index in [0.717, 1.165) is 12.0 Å². The summed E-state index contributed by atoms with van der Waals surface area (Å²) in [5.41, 5.74) is 2.26. The lowest BCUT2D eigenvalue weighted by Crippen LogP contribution is -2.49. The van der Waals surface area contributed by atoms with Crippen LogP contribution in [0.3, 0.4) is 0 Å². The third-order valence-corrected chi connectivity index (χ3v) is 3.83. The highest BCUT2D eigenvalue weighted by molar-refractivity contribution is 5.84. The summed E-state index contributed by atoms with van der Waals surface area (Å²) in [5, 5.41) is 0. The summed E-state index contributed by atoms with van der Waals surface area (Å²) in [5.74, 6) is -0.526. The SMILES string of the molecule is CCOC(=O)CN1C(=O)CO[C@H]2Cc3ccccc3[C@H]21. The number of esters is 1. The highest BCUT2D eigenvalue weighted by atomic mass is 16.5. The fraction of sp³-hybridized carbons (Fsp3) is 0.467. The summed E-state index contributed by atoms with van der Waals surface area (Å²) in [6, 6.07) is 7.80. The molecule has 1 amide bonds. The molecule has 0 bridgehead atoms. The van der Waals surface area contributed by atoms with E-state index in [1.165, 1.54) is 5.56 Å². The van der Waals surface area contributed by atoms with Crippen molar-refractivity contribution in [2.45, 2.75) is 25.5 Å². The number of morpholine rings is 1. The Labute approximate surface area is 117 Å². The van der Waals surface area contributed by atoms with Gasteiger partial charge in [-0.25, -0.2) is 0 Å². The molecule has 1 aromatic carbocycles. The second-order valence-corrected chi connectivity index (χ2v) is 5.02. The molecular formula is C15H17NO4. The lowest BCUT2D eigenvalue weighted by molar-refractivity contribution is -0.164. The molecule has 1 heterocycles. The van der Waals surface area contributed by atoms with Gasteiger partial charge in [-0.2, -0.15) is 0 Å². The Morgan fingerprint density at radius 2 is 2.25 bits per heavy atom. The van der Waals surface area contributed by atoms with E-state index in [-0.39, 0.29) is 37.2 Å². The van der Waals surface area contributed by atoms with Crippen LogP contribution >= 0.6 is 0 Å². The monoisotopic (exact) mass is 275 g/mol. The van der Waals surface area contributed by atoms with Gasteiger partial charge in [0.2, 0.25) is 5.91 Å². The van der Waals surface area contributed by atoms with Crippen molar-refractivity contribution in [3.8, 4) is 0 Å². The fourth-order valence-corrected chi connectivity index (χ4v) is 3.00. The van der Waals surface area contributed by atoms with Crippen LogP contribution in [-0.4, -0.2) is 42.6 Å². The van der Waals surface area contributed by atoms with Crippen molar-refractivity contribution in [2.24, 2.45) is 0 Å². The van der Waals surface area contributed by atoms with Crippen molar-refractivity contribution in [3.63, 3.8) is 0 Å². The minimum Gasteiger partial charge on any atom is -0.465 e. The Morgan fingerprint density at radius 3 is 3.05 bits per heavy atom. The van der Waals surface area contributed by atoms with Gasteiger partial charge in [0.05, 0.1) is 18.8 Å². The van der Waals surface area contributed by atoms with Gasteiger partial charge in [0.25, 0.3) is 0 Å². The Morgan fingerprint density at radius 1 is 1.45 bits per heavy atom. The molecule has 2 aliphatic rings. The highest BCUT2D eigenvalue weighted by Gasteiger charge is 2.43. The molecule has 1 saturated heterocycles. The maximum Gasteiger partial charge on any atom is 0.325 e. The van der Waals surface area contributed by atoms with Crippen LogP contribution in [0.5, 0.6) is 0 Å². The summed E-state index contributed by atoms with van der Waals surface area (Å²) >= 11 is 0. The van der Waals surface area contributed by atoms with Crippen molar-refractivity contribution in [2.75, 3.05) is 19.8 Å². The van der Waals surface area contributed by atoms with Gasteiger partial charge in [-0.3, -0.25) is 9.59 Å². The third kappa shape index (κ3) is 2.18. The van der Waals surface area contributed by atoms with Crippen LogP contribution in [-0.2, 0) is 25.5 Å². The number of rotatable bonds is 3. The molecule has 0 aromatic heterocycles. The number of nitrogens with zero attached hydrogens (tertiary/aromatic N) is 1. The van der Waals surface area contributed by atoms with Crippen molar-refractivity contribution < 1.29 is 19.1 Å². The van der Waals surface area contributed by atoms with Crippen LogP contribution < -0.4 is 0 Å². The topological polar surface area (TPSA) is 55.8 Å². The molecule has 1 aliphatic carbocycles. The molecule has 1 aliphatic heterocycles. The predicted octanol–water partition coefficient (Wildman–Crippen LogP) is 1.07. The van der Waals surface area contributed by atoms with Gasteiger partial charge in [0.1, 0.15) is 13.2 Å². The molecule has 20 heavy (non-hydrogen) atoms. The number of ether oxygens (including phenoxy) is 2. The number of benzene rings is 1. The highest BCUT2D eigenvalue weighted by Crippen LogP contribution is 2.39. The van der Waals surface area contributed by atoms with E-state index in [9.17, 15) is 9.59 Å². The molecule has 1 fully saturated rings. The maximum atomic E-state index is 12.1. The largest absolute Gasteiger partial charge is 0.465 e. The van der Waals surface area contributed by atoms with E-state index in [0.29, 0.717) is 6.61 Å². The molecule has 5 heteroatoms. The van der Waals surface area contributed by atoms with Crippen molar-refractivity contribution >= 4 is 11.9 Å². The first-order valence-corrected chi connectivity index (χ1v) is 6.85. The number of amides is 1. The van der Waals surface area contributed by atoms with E-state index in [4.69, 9.17) is 9.47 Å². The van der Waals surface area contributed by atoms with E-state index in [2.05, 4.69) is 0 Å². The fourth-order valence-electron chi connectivity index (χ4n) is 3.00. The standard InChI is InChI=1S/C15H17NO4/c1-2-19-14(18)8-16-13(17)9-20-12-7-10-5-3-4-6-11(10)15(12)16/h3-6,12,15H,2,7-9H2,1H3/t12-,15+/m0/s1. The summed E-state index contributed by atoms with van der Waals surface area (Å²) in [6.45, 7) is 2.11. The number of carbonyl (C=O) groups is 2. The first-order valence-electron chi connectivity index (χ1n) is 6.85. The van der Waals surface area contributed by atoms with Crippen molar-refractivity contribution in [1.29, 1.82) is 0 Å². The average Bonchev–Trinajstić information content (AvgIpc) is 2.81. The summed E-state index contributed by atoms with van der Waals surface area (Å²) in [4.78, 5) is 25.4. The smallest absolute Gasteiger partial charge is 0.325 e. The van der Waals surface area contributed by atoms with E-state index in [1.54, 1.807) is 11.8 Å². The normalized spacial score (nSPS) is 24.2. The van der Waals surface area contributed by atoms with Crippen LogP contribution in [0.15, 0.2) is 24.3 Å². The maximum absolute atomic E-state index is 12.1. The van der Waals surface area contributed by atoms with Gasteiger partial charge in [-0.05, 0) is 18.1 Å². The number of hydrogen-bond acceptors (Lipinski definition) is 4. The third-order valence-electron chi connectivity index (χ3n) is 3.83. The molecular weight excluding hydrogens is 258 g/mol. The van der Waals surface area contributed by atoms with E-state index >= 15 is 0 Å². The summed E-state index contributed by atoms with van der Waals surface area (Å²) < 4.78 is 10.6. The zero-order chi connectivity index (χ0) is 14.1.